The molecule has 8 atom stereocenters. The van der Waals surface area contributed by atoms with Crippen LogP contribution in [-0.4, -0.2) is 86.9 Å². The maximum Gasteiger partial charge on any atom is 0.218 e. The van der Waals surface area contributed by atoms with Crippen molar-refractivity contribution < 1.29 is 41.7 Å². The highest BCUT2D eigenvalue weighted by atomic mass is 28.4. The highest BCUT2D eigenvalue weighted by Crippen LogP contribution is 2.42. The minimum atomic E-state index is -2.23. The van der Waals surface area contributed by atoms with E-state index in [1.807, 2.05) is 32.1 Å². The van der Waals surface area contributed by atoms with Crippen LogP contribution in [-0.2, 0) is 39.1 Å². The van der Waals surface area contributed by atoms with Gasteiger partial charge in [-0.3, -0.25) is 0 Å². The van der Waals surface area contributed by atoms with Gasteiger partial charge in [0.15, 0.2) is 16.6 Å². The first-order chi connectivity index (χ1) is 29.4. The highest BCUT2D eigenvalue weighted by molar-refractivity contribution is 6.74. The first kappa shape index (κ1) is 55.2. The van der Waals surface area contributed by atoms with E-state index in [1.54, 1.807) is 27.6 Å². The Morgan fingerprint density at radius 2 is 1.56 bits per heavy atom. The Kier molecular flexibility index (Phi) is 22.0. The molecular weight excluding hydrogens is 827 g/mol. The maximum absolute atomic E-state index is 7.17. The summed E-state index contributed by atoms with van der Waals surface area (Å²) in [4.78, 5) is 4.97. The van der Waals surface area contributed by atoms with E-state index in [0.29, 0.717) is 30.8 Å². The van der Waals surface area contributed by atoms with Crippen LogP contribution in [0.1, 0.15) is 144 Å². The monoisotopic (exact) mass is 916 g/mol. The first-order valence-corrected chi connectivity index (χ1v) is 29.3. The van der Waals surface area contributed by atoms with E-state index in [0.717, 1.165) is 74.1 Å². The molecule has 10 nitrogen and oxygen atoms in total. The largest absolute Gasteiger partial charge is 0.497 e. The van der Waals surface area contributed by atoms with Crippen molar-refractivity contribution in [3.05, 3.63) is 65.4 Å². The van der Waals surface area contributed by atoms with Crippen LogP contribution in [0.25, 0.3) is 6.08 Å². The highest BCUT2D eigenvalue weighted by Gasteiger charge is 2.41. The standard InChI is InChI=1S/C51H89NO9Si2/c1-36-27-44(60-45(28-36)31-47(58-35-53-12)39(4)26-37(2)32-59-62(15,16)50(6,7)8)21-19-20-43(56-33-41-22-24-42(55-14)25-23-41)30-48(61-63(17,18)51(9,10)11)46-34-57-49(52-46)29-38(3)40(5)54-13/h22-25,29,34,37,39-40,43-45,47-48H,1,19-21,26-28,30-33,35H2,2-18H3/b38-29-/t37-,39-,40+,43-,44?,45+,47-,48-/m0/s1. The van der Waals surface area contributed by atoms with E-state index in [2.05, 4.69) is 100 Å². The third-order valence-corrected chi connectivity index (χ3v) is 22.9. The van der Waals surface area contributed by atoms with Crippen LogP contribution in [0.4, 0.5) is 0 Å². The molecule has 63 heavy (non-hydrogen) atoms. The predicted molar refractivity (Wildman–Crippen MR) is 262 cm³/mol. The Labute approximate surface area is 385 Å². The van der Waals surface area contributed by atoms with Gasteiger partial charge in [-0.25, -0.2) is 4.98 Å². The fraction of sp³-hybridized carbons (Fsp3) is 0.745. The molecule has 0 aliphatic carbocycles. The maximum atomic E-state index is 7.17. The number of ether oxygens (including phenoxy) is 6. The Morgan fingerprint density at radius 1 is 0.905 bits per heavy atom. The zero-order chi connectivity index (χ0) is 47.2. The summed E-state index contributed by atoms with van der Waals surface area (Å²) in [6.45, 7) is 37.6. The quantitative estimate of drug-likeness (QED) is 0.0489. The second-order valence-electron chi connectivity index (χ2n) is 21.5. The summed E-state index contributed by atoms with van der Waals surface area (Å²) < 4.78 is 56.2. The van der Waals surface area contributed by atoms with Crippen LogP contribution in [0.2, 0.25) is 36.3 Å². The van der Waals surface area contributed by atoms with Gasteiger partial charge in [0, 0.05) is 39.7 Å². The van der Waals surface area contributed by atoms with E-state index in [9.17, 15) is 0 Å². The summed E-state index contributed by atoms with van der Waals surface area (Å²) >= 11 is 0. The number of benzene rings is 1. The molecule has 2 aromatic rings. The number of rotatable bonds is 27. The van der Waals surface area contributed by atoms with Crippen molar-refractivity contribution in [1.29, 1.82) is 0 Å². The molecule has 0 amide bonds. The lowest BCUT2D eigenvalue weighted by atomic mass is 9.87. The Bertz CT molecular complexity index is 1660. The molecule has 0 spiro atoms. The average molecular weight is 916 g/mol. The molecule has 1 unspecified atom stereocenters. The van der Waals surface area contributed by atoms with Crippen molar-refractivity contribution in [2.24, 2.45) is 11.8 Å². The lowest BCUT2D eigenvalue weighted by Gasteiger charge is -2.39. The molecule has 1 aromatic carbocycles. The molecule has 1 fully saturated rings. The van der Waals surface area contributed by atoms with Crippen LogP contribution in [0.3, 0.4) is 0 Å². The fourth-order valence-electron chi connectivity index (χ4n) is 7.50. The lowest BCUT2D eigenvalue weighted by Crippen LogP contribution is -2.42. The van der Waals surface area contributed by atoms with Crippen LogP contribution in [0, 0.1) is 11.8 Å². The van der Waals surface area contributed by atoms with Gasteiger partial charge in [0.2, 0.25) is 5.89 Å². The fourth-order valence-corrected chi connectivity index (χ4v) is 9.91. The Hall–Kier alpha value is -2.14. The van der Waals surface area contributed by atoms with Crippen LogP contribution < -0.4 is 4.74 Å². The predicted octanol–water partition coefficient (Wildman–Crippen LogP) is 13.5. The molecule has 2 heterocycles. The van der Waals surface area contributed by atoms with Crippen molar-refractivity contribution in [2.75, 3.05) is 34.7 Å². The van der Waals surface area contributed by atoms with Gasteiger partial charge in [-0.05, 0) is 124 Å². The minimum absolute atomic E-state index is 0.00165. The van der Waals surface area contributed by atoms with Crippen molar-refractivity contribution >= 4 is 22.7 Å². The number of hydrogen-bond donors (Lipinski definition) is 0. The van der Waals surface area contributed by atoms with Crippen molar-refractivity contribution in [3.63, 3.8) is 0 Å². The van der Waals surface area contributed by atoms with Gasteiger partial charge >= 0.3 is 0 Å². The first-order valence-electron chi connectivity index (χ1n) is 23.5. The normalized spacial score (nSPS) is 20.0. The van der Waals surface area contributed by atoms with E-state index in [-0.39, 0.29) is 53.5 Å². The van der Waals surface area contributed by atoms with Gasteiger partial charge < -0.3 is 41.7 Å². The smallest absolute Gasteiger partial charge is 0.218 e. The summed E-state index contributed by atoms with van der Waals surface area (Å²) in [5.41, 5.74) is 4.15. The second kappa shape index (κ2) is 25.1. The SMILES string of the molecule is C=C1CC(CCC[C@@H](C[C@H](O[Si](C)(C)C(C)(C)C)c2coc(/C=C(/C)[C@@H](C)OC)n2)OCc2ccc(OC)cc2)O[C@@H](C[C@H](OCOC)[C@@H](C)C[C@H](C)CO[Si](C)(C)C(C)(C)C)C1. The third kappa shape index (κ3) is 18.2. The molecule has 0 N–H and O–H groups in total. The van der Waals surface area contributed by atoms with Crippen molar-refractivity contribution in [2.45, 2.75) is 200 Å². The van der Waals surface area contributed by atoms with E-state index < -0.39 is 16.6 Å². The summed E-state index contributed by atoms with van der Waals surface area (Å²) in [7, 11) is 1.03. The van der Waals surface area contributed by atoms with Gasteiger partial charge in [-0.1, -0.05) is 79.7 Å². The summed E-state index contributed by atoms with van der Waals surface area (Å²) in [6, 6.07) is 8.09. The van der Waals surface area contributed by atoms with Gasteiger partial charge in [-0.15, -0.1) is 0 Å². The van der Waals surface area contributed by atoms with Crippen molar-refractivity contribution in [1.82, 2.24) is 4.98 Å². The molecule has 3 rings (SSSR count). The molecule has 0 bridgehead atoms. The summed E-state index contributed by atoms with van der Waals surface area (Å²) in [5.74, 6) is 2.10. The number of nitrogens with zero attached hydrogens (tertiary/aromatic N) is 1. The van der Waals surface area contributed by atoms with Gasteiger partial charge in [0.25, 0.3) is 0 Å². The number of hydrogen-bond acceptors (Lipinski definition) is 10. The molecule has 1 aliphatic rings. The van der Waals surface area contributed by atoms with Gasteiger partial charge in [0.1, 0.15) is 24.5 Å². The van der Waals surface area contributed by atoms with Crippen LogP contribution in [0.15, 0.2) is 52.7 Å². The Morgan fingerprint density at radius 3 is 2.16 bits per heavy atom. The molecule has 12 heteroatoms. The molecule has 1 aromatic heterocycles. The van der Waals surface area contributed by atoms with Gasteiger partial charge in [0.05, 0.1) is 50.3 Å². The molecule has 0 saturated carbocycles. The molecule has 1 saturated heterocycles. The van der Waals surface area contributed by atoms with Crippen LogP contribution >= 0.6 is 0 Å². The molecule has 1 aliphatic heterocycles. The molecule has 0 radical (unpaired) electrons. The summed E-state index contributed by atoms with van der Waals surface area (Å²) in [5, 5.41) is 0.191. The lowest BCUT2D eigenvalue weighted by molar-refractivity contribution is -0.122. The number of methoxy groups -OCH3 is 3. The van der Waals surface area contributed by atoms with E-state index >= 15 is 0 Å². The summed E-state index contributed by atoms with van der Waals surface area (Å²) in [6.07, 6.45) is 10.2. The van der Waals surface area contributed by atoms with Crippen molar-refractivity contribution in [3.8, 4) is 5.75 Å². The zero-order valence-corrected chi connectivity index (χ0v) is 44.7. The topological polar surface area (TPSA) is 99.9 Å². The van der Waals surface area contributed by atoms with E-state index in [1.165, 1.54) is 5.57 Å². The minimum Gasteiger partial charge on any atom is -0.497 e. The number of oxazole rings is 1. The van der Waals surface area contributed by atoms with E-state index in [4.69, 9.17) is 46.7 Å². The van der Waals surface area contributed by atoms with Gasteiger partial charge in [-0.2, -0.15) is 0 Å². The molecule has 360 valence electrons. The van der Waals surface area contributed by atoms with Crippen LogP contribution in [0.5, 0.6) is 5.75 Å². The molecular formula is C51H89NO9Si2. The second-order valence-corrected chi connectivity index (χ2v) is 31.0. The Balaban J connectivity index is 1.78. The third-order valence-electron chi connectivity index (χ3n) is 13.9. The number of aromatic nitrogens is 1. The average Bonchev–Trinajstić information content (AvgIpc) is 3.67. The zero-order valence-electron chi connectivity index (χ0n) is 42.7.